The summed E-state index contributed by atoms with van der Waals surface area (Å²) in [5, 5.41) is 2.82. The molecule has 0 spiro atoms. The summed E-state index contributed by atoms with van der Waals surface area (Å²) < 4.78 is 30.1. The number of hydrogen-bond acceptors (Lipinski definition) is 4. The van der Waals surface area contributed by atoms with Gasteiger partial charge in [0.1, 0.15) is 6.04 Å². The Hall–Kier alpha value is -0.660. The lowest BCUT2D eigenvalue weighted by molar-refractivity contribution is -0.125. The lowest BCUT2D eigenvalue weighted by atomic mass is 10.0. The van der Waals surface area contributed by atoms with Crippen LogP contribution in [0.5, 0.6) is 0 Å². The fourth-order valence-electron chi connectivity index (χ4n) is 2.42. The summed E-state index contributed by atoms with van der Waals surface area (Å²) in [6.45, 7) is 4.47. The summed E-state index contributed by atoms with van der Waals surface area (Å²) in [6.07, 6.45) is 6.40. The van der Waals surface area contributed by atoms with Crippen LogP contribution in [0.4, 0.5) is 0 Å². The average molecular weight is 320 g/mol. The van der Waals surface area contributed by atoms with Crippen LogP contribution in [0.25, 0.3) is 0 Å². The normalized spacial score (nSPS) is 20.4. The molecule has 1 aliphatic rings. The second kappa shape index (κ2) is 9.38. The van der Waals surface area contributed by atoms with Crippen LogP contribution in [0, 0.1) is 0 Å². The molecule has 1 atom stereocenters. The molecule has 0 bridgehead atoms. The number of carbonyl (C=O) groups excluding carboxylic acids is 1. The first-order valence-corrected chi connectivity index (χ1v) is 9.64. The van der Waals surface area contributed by atoms with Gasteiger partial charge in [-0.1, -0.05) is 19.8 Å². The van der Waals surface area contributed by atoms with Gasteiger partial charge in [0.2, 0.25) is 15.9 Å². The molecule has 6 nitrogen and oxygen atoms in total. The maximum atomic E-state index is 12.1. The molecular formula is C14H28N2O4S. The van der Waals surface area contributed by atoms with Crippen molar-refractivity contribution in [1.82, 2.24) is 9.62 Å². The summed E-state index contributed by atoms with van der Waals surface area (Å²) in [4.78, 5) is 12.1. The van der Waals surface area contributed by atoms with Crippen molar-refractivity contribution in [2.24, 2.45) is 0 Å². The molecule has 0 aromatic carbocycles. The molecule has 0 saturated carbocycles. The molecule has 0 aliphatic carbocycles. The monoisotopic (exact) mass is 320 g/mol. The van der Waals surface area contributed by atoms with Gasteiger partial charge in [0.05, 0.1) is 6.26 Å². The molecule has 0 aromatic rings. The molecule has 21 heavy (non-hydrogen) atoms. The van der Waals surface area contributed by atoms with E-state index in [1.807, 2.05) is 0 Å². The zero-order valence-corrected chi connectivity index (χ0v) is 14.0. The van der Waals surface area contributed by atoms with Gasteiger partial charge in [0.15, 0.2) is 0 Å². The molecular weight excluding hydrogens is 292 g/mol. The topological polar surface area (TPSA) is 75.7 Å². The van der Waals surface area contributed by atoms with E-state index < -0.39 is 16.1 Å². The number of carbonyl (C=O) groups is 1. The van der Waals surface area contributed by atoms with Crippen molar-refractivity contribution in [1.29, 1.82) is 0 Å². The quantitative estimate of drug-likeness (QED) is 0.646. The molecule has 124 valence electrons. The van der Waals surface area contributed by atoms with Crippen LogP contribution in [-0.4, -0.2) is 57.2 Å². The lowest BCUT2D eigenvalue weighted by Gasteiger charge is -2.32. The Balaban J connectivity index is 2.29. The van der Waals surface area contributed by atoms with E-state index in [0.717, 1.165) is 38.7 Å². The Bertz CT molecular complexity index is 411. The summed E-state index contributed by atoms with van der Waals surface area (Å²) in [7, 11) is -3.32. The lowest BCUT2D eigenvalue weighted by Crippen LogP contribution is -2.51. The van der Waals surface area contributed by atoms with Crippen molar-refractivity contribution in [3.63, 3.8) is 0 Å². The Morgan fingerprint density at radius 2 is 2.00 bits per heavy atom. The SMILES string of the molecule is CCCCOCCCNC(=O)C1CCCCN1S(C)(=O)=O. The molecule has 0 radical (unpaired) electrons. The fraction of sp³-hybridized carbons (Fsp3) is 0.929. The molecule has 1 N–H and O–H groups in total. The Kier molecular flexibility index (Phi) is 8.21. The Labute approximate surface area is 128 Å². The van der Waals surface area contributed by atoms with Crippen LogP contribution in [0.2, 0.25) is 0 Å². The smallest absolute Gasteiger partial charge is 0.238 e. The van der Waals surface area contributed by atoms with Crippen LogP contribution in [0.15, 0.2) is 0 Å². The molecule has 1 heterocycles. The van der Waals surface area contributed by atoms with Crippen molar-refractivity contribution in [3.05, 3.63) is 0 Å². The number of piperidine rings is 1. The van der Waals surface area contributed by atoms with Crippen LogP contribution >= 0.6 is 0 Å². The highest BCUT2D eigenvalue weighted by Crippen LogP contribution is 2.19. The molecule has 1 aliphatic heterocycles. The summed E-state index contributed by atoms with van der Waals surface area (Å²) in [6, 6.07) is -0.547. The van der Waals surface area contributed by atoms with E-state index in [0.29, 0.717) is 26.1 Å². The second-order valence-electron chi connectivity index (χ2n) is 5.50. The number of rotatable bonds is 9. The van der Waals surface area contributed by atoms with Gasteiger partial charge in [-0.2, -0.15) is 4.31 Å². The van der Waals surface area contributed by atoms with Gasteiger partial charge in [-0.3, -0.25) is 4.79 Å². The van der Waals surface area contributed by atoms with Gasteiger partial charge >= 0.3 is 0 Å². The molecule has 1 amide bonds. The predicted molar refractivity (Wildman–Crippen MR) is 82.5 cm³/mol. The minimum Gasteiger partial charge on any atom is -0.381 e. The van der Waals surface area contributed by atoms with Crippen LogP contribution in [0.1, 0.15) is 45.4 Å². The van der Waals surface area contributed by atoms with Crippen LogP contribution < -0.4 is 5.32 Å². The van der Waals surface area contributed by atoms with Crippen molar-refractivity contribution in [3.8, 4) is 0 Å². The van der Waals surface area contributed by atoms with Crippen molar-refractivity contribution in [2.75, 3.05) is 32.6 Å². The Morgan fingerprint density at radius 1 is 1.29 bits per heavy atom. The molecule has 1 rings (SSSR count). The number of amides is 1. The van der Waals surface area contributed by atoms with Gasteiger partial charge < -0.3 is 10.1 Å². The minimum atomic E-state index is -3.32. The van der Waals surface area contributed by atoms with E-state index in [-0.39, 0.29) is 5.91 Å². The summed E-state index contributed by atoms with van der Waals surface area (Å²) in [5.41, 5.74) is 0. The largest absolute Gasteiger partial charge is 0.381 e. The van der Waals surface area contributed by atoms with E-state index in [1.165, 1.54) is 10.6 Å². The molecule has 0 aromatic heterocycles. The van der Waals surface area contributed by atoms with E-state index in [9.17, 15) is 13.2 Å². The first-order valence-electron chi connectivity index (χ1n) is 7.79. The average Bonchev–Trinajstić information content (AvgIpc) is 2.45. The zero-order valence-electron chi connectivity index (χ0n) is 13.1. The maximum absolute atomic E-state index is 12.1. The third kappa shape index (κ3) is 6.76. The third-order valence-electron chi connectivity index (χ3n) is 3.59. The van der Waals surface area contributed by atoms with Gasteiger partial charge in [0, 0.05) is 26.3 Å². The third-order valence-corrected chi connectivity index (χ3v) is 4.88. The number of hydrogen-bond donors (Lipinski definition) is 1. The van der Waals surface area contributed by atoms with Crippen molar-refractivity contribution in [2.45, 2.75) is 51.5 Å². The van der Waals surface area contributed by atoms with Crippen molar-refractivity contribution >= 4 is 15.9 Å². The highest BCUT2D eigenvalue weighted by Gasteiger charge is 2.34. The number of unbranched alkanes of at least 4 members (excludes halogenated alkanes) is 1. The number of sulfonamides is 1. The van der Waals surface area contributed by atoms with Gasteiger partial charge in [-0.15, -0.1) is 0 Å². The first-order chi connectivity index (χ1) is 9.96. The maximum Gasteiger partial charge on any atom is 0.238 e. The molecule has 1 unspecified atom stereocenters. The molecule has 7 heteroatoms. The minimum absolute atomic E-state index is 0.186. The van der Waals surface area contributed by atoms with E-state index in [4.69, 9.17) is 4.74 Å². The predicted octanol–water partition coefficient (Wildman–Crippen LogP) is 1.12. The van der Waals surface area contributed by atoms with Gasteiger partial charge in [-0.25, -0.2) is 8.42 Å². The highest BCUT2D eigenvalue weighted by atomic mass is 32.2. The van der Waals surface area contributed by atoms with Crippen molar-refractivity contribution < 1.29 is 17.9 Å². The van der Waals surface area contributed by atoms with E-state index >= 15 is 0 Å². The first kappa shape index (κ1) is 18.4. The summed E-state index contributed by atoms with van der Waals surface area (Å²) >= 11 is 0. The highest BCUT2D eigenvalue weighted by molar-refractivity contribution is 7.88. The zero-order chi connectivity index (χ0) is 15.7. The van der Waals surface area contributed by atoms with E-state index in [2.05, 4.69) is 12.2 Å². The number of ether oxygens (including phenoxy) is 1. The van der Waals surface area contributed by atoms with Crippen LogP contribution in [-0.2, 0) is 19.6 Å². The standard InChI is InChI=1S/C14H28N2O4S/c1-3-4-11-20-12-7-9-15-14(17)13-8-5-6-10-16(13)21(2,18)19/h13H,3-12H2,1-2H3,(H,15,17). The van der Waals surface area contributed by atoms with E-state index in [1.54, 1.807) is 0 Å². The number of nitrogens with zero attached hydrogens (tertiary/aromatic N) is 1. The fourth-order valence-corrected chi connectivity index (χ4v) is 3.54. The number of nitrogens with one attached hydrogen (secondary N) is 1. The van der Waals surface area contributed by atoms with Crippen LogP contribution in [0.3, 0.4) is 0 Å². The van der Waals surface area contributed by atoms with Gasteiger partial charge in [0.25, 0.3) is 0 Å². The Morgan fingerprint density at radius 3 is 2.67 bits per heavy atom. The summed E-state index contributed by atoms with van der Waals surface area (Å²) in [5.74, 6) is -0.186. The second-order valence-corrected chi connectivity index (χ2v) is 7.43. The molecule has 1 fully saturated rings. The molecule has 1 saturated heterocycles. The van der Waals surface area contributed by atoms with Gasteiger partial charge in [-0.05, 0) is 25.7 Å².